The highest BCUT2D eigenvalue weighted by Crippen LogP contribution is 2.20. The van der Waals surface area contributed by atoms with Gasteiger partial charge >= 0.3 is 5.97 Å². The summed E-state index contributed by atoms with van der Waals surface area (Å²) in [5, 5.41) is 12.4. The number of hydrogen-bond acceptors (Lipinski definition) is 5. The molecular weight excluding hydrogens is 392 g/mol. The molecule has 1 aromatic rings. The Balaban J connectivity index is 2.14. The lowest BCUT2D eigenvalue weighted by Gasteiger charge is -2.24. The number of rotatable bonds is 5. The summed E-state index contributed by atoms with van der Waals surface area (Å²) in [5.41, 5.74) is 0.841. The summed E-state index contributed by atoms with van der Waals surface area (Å²) in [5.74, 6) is -1.34. The molecule has 2 amide bonds. The van der Waals surface area contributed by atoms with Crippen LogP contribution in [0.15, 0.2) is 28.7 Å². The highest BCUT2D eigenvalue weighted by molar-refractivity contribution is 9.10. The van der Waals surface area contributed by atoms with Crippen molar-refractivity contribution in [3.63, 3.8) is 0 Å². The van der Waals surface area contributed by atoms with E-state index in [2.05, 4.69) is 21.2 Å². The summed E-state index contributed by atoms with van der Waals surface area (Å²) in [7, 11) is 1.25. The second kappa shape index (κ2) is 8.44. The molecule has 1 aliphatic heterocycles. The van der Waals surface area contributed by atoms with E-state index in [4.69, 9.17) is 4.74 Å². The van der Waals surface area contributed by atoms with E-state index < -0.39 is 30.1 Å². The van der Waals surface area contributed by atoms with Gasteiger partial charge in [-0.05, 0) is 11.6 Å². The zero-order chi connectivity index (χ0) is 18.6. The van der Waals surface area contributed by atoms with E-state index in [9.17, 15) is 19.5 Å². The summed E-state index contributed by atoms with van der Waals surface area (Å²) >= 11 is 3.41. The van der Waals surface area contributed by atoms with Gasteiger partial charge in [0.15, 0.2) is 0 Å². The van der Waals surface area contributed by atoms with Gasteiger partial charge in [0.2, 0.25) is 11.8 Å². The topological polar surface area (TPSA) is 95.9 Å². The van der Waals surface area contributed by atoms with Crippen LogP contribution in [0.4, 0.5) is 0 Å². The van der Waals surface area contributed by atoms with E-state index in [-0.39, 0.29) is 25.3 Å². The molecule has 0 bridgehead atoms. The Hall–Kier alpha value is -1.93. The molecule has 1 fully saturated rings. The van der Waals surface area contributed by atoms with Gasteiger partial charge in [0.1, 0.15) is 12.1 Å². The molecule has 0 radical (unpaired) electrons. The van der Waals surface area contributed by atoms with Crippen LogP contribution < -0.4 is 5.32 Å². The minimum atomic E-state index is -0.886. The van der Waals surface area contributed by atoms with Crippen molar-refractivity contribution in [2.24, 2.45) is 0 Å². The van der Waals surface area contributed by atoms with Crippen molar-refractivity contribution in [1.82, 2.24) is 10.2 Å². The molecule has 7 nitrogen and oxygen atoms in total. The first-order valence-electron chi connectivity index (χ1n) is 7.90. The number of hydrogen-bond donors (Lipinski definition) is 2. The number of amides is 2. The normalized spacial score (nSPS) is 20.9. The predicted molar refractivity (Wildman–Crippen MR) is 93.6 cm³/mol. The molecule has 0 unspecified atom stereocenters. The molecule has 0 aliphatic carbocycles. The third-order valence-corrected chi connectivity index (χ3v) is 4.94. The fraction of sp³-hybridized carbons (Fsp3) is 0.471. The van der Waals surface area contributed by atoms with Crippen molar-refractivity contribution < 1.29 is 24.2 Å². The minimum Gasteiger partial charge on any atom is -0.467 e. The van der Waals surface area contributed by atoms with Crippen LogP contribution in [0.2, 0.25) is 0 Å². The lowest BCUT2D eigenvalue weighted by molar-refractivity contribution is -0.146. The zero-order valence-corrected chi connectivity index (χ0v) is 15.7. The van der Waals surface area contributed by atoms with E-state index in [0.29, 0.717) is 0 Å². The van der Waals surface area contributed by atoms with Crippen LogP contribution in [0.25, 0.3) is 0 Å². The quantitative estimate of drug-likeness (QED) is 0.691. The Kier molecular flexibility index (Phi) is 6.55. The number of β-amino-alcohol motifs (C(OH)–C–C–N with tert-alkyl or cyclic N) is 1. The Morgan fingerprint density at radius 2 is 2.08 bits per heavy atom. The third-order valence-electron chi connectivity index (χ3n) is 4.17. The number of halogens is 1. The number of aliphatic hydroxyl groups is 1. The molecule has 136 valence electrons. The Morgan fingerprint density at radius 1 is 1.40 bits per heavy atom. The number of nitrogens with zero attached hydrogens (tertiary/aromatic N) is 1. The molecule has 0 aromatic heterocycles. The maximum atomic E-state index is 12.6. The smallest absolute Gasteiger partial charge is 0.328 e. The molecule has 2 rings (SSSR count). The molecule has 25 heavy (non-hydrogen) atoms. The number of esters is 1. The van der Waals surface area contributed by atoms with Crippen LogP contribution in [0.3, 0.4) is 0 Å². The van der Waals surface area contributed by atoms with Crippen LogP contribution in [0.5, 0.6) is 0 Å². The number of carbonyl (C=O) groups excluding carboxylic acids is 3. The van der Waals surface area contributed by atoms with E-state index in [0.717, 1.165) is 10.0 Å². The van der Waals surface area contributed by atoms with Gasteiger partial charge in [-0.25, -0.2) is 4.79 Å². The minimum absolute atomic E-state index is 0.112. The van der Waals surface area contributed by atoms with Crippen molar-refractivity contribution in [2.75, 3.05) is 13.7 Å². The van der Waals surface area contributed by atoms with Crippen LogP contribution in [0.1, 0.15) is 18.9 Å². The molecule has 3 atom stereocenters. The fourth-order valence-electron chi connectivity index (χ4n) is 2.90. The number of aliphatic hydroxyl groups excluding tert-OH is 1. The van der Waals surface area contributed by atoms with Crippen molar-refractivity contribution in [2.45, 2.75) is 38.0 Å². The second-order valence-corrected chi connectivity index (χ2v) is 6.81. The Morgan fingerprint density at radius 3 is 2.68 bits per heavy atom. The molecular formula is C17H21BrN2O5. The van der Waals surface area contributed by atoms with Gasteiger partial charge in [0, 0.05) is 30.8 Å². The molecule has 1 aliphatic rings. The maximum Gasteiger partial charge on any atom is 0.328 e. The van der Waals surface area contributed by atoms with Gasteiger partial charge in [-0.1, -0.05) is 34.1 Å². The van der Waals surface area contributed by atoms with Gasteiger partial charge in [0.05, 0.1) is 13.2 Å². The van der Waals surface area contributed by atoms with E-state index in [1.165, 1.54) is 18.9 Å². The summed E-state index contributed by atoms with van der Waals surface area (Å²) < 4.78 is 5.60. The first-order valence-corrected chi connectivity index (χ1v) is 8.69. The van der Waals surface area contributed by atoms with Gasteiger partial charge in [-0.15, -0.1) is 0 Å². The third kappa shape index (κ3) is 4.79. The SMILES string of the molecule is COC(=O)[C@@H](Cc1ccccc1Br)NC(=O)[C@@H]1C[C@@H](O)CN1C(C)=O. The standard InChI is InChI=1S/C17H21BrN2O5/c1-10(21)20-9-12(22)8-15(20)16(23)19-14(17(24)25-2)7-11-5-3-4-6-13(11)18/h3-6,12,14-15,22H,7-9H2,1-2H3,(H,19,23)/t12-,14-,15+/m1/s1. The molecule has 0 saturated carbocycles. The summed E-state index contributed by atoms with van der Waals surface area (Å²) in [4.78, 5) is 37.6. The van der Waals surface area contributed by atoms with E-state index in [1.807, 2.05) is 24.3 Å². The average Bonchev–Trinajstić information content (AvgIpc) is 2.97. The Bertz CT molecular complexity index is 666. The van der Waals surface area contributed by atoms with Crippen LogP contribution in [-0.4, -0.2) is 59.6 Å². The number of methoxy groups -OCH3 is 1. The molecule has 1 saturated heterocycles. The first-order chi connectivity index (χ1) is 11.8. The molecule has 0 spiro atoms. The molecule has 1 heterocycles. The summed E-state index contributed by atoms with van der Waals surface area (Å²) in [6.07, 6.45) is -0.358. The van der Waals surface area contributed by atoms with E-state index in [1.54, 1.807) is 0 Å². The average molecular weight is 413 g/mol. The maximum absolute atomic E-state index is 12.6. The van der Waals surface area contributed by atoms with Crippen LogP contribution in [0, 0.1) is 0 Å². The van der Waals surface area contributed by atoms with Crippen LogP contribution in [-0.2, 0) is 25.5 Å². The fourth-order valence-corrected chi connectivity index (χ4v) is 3.34. The lowest BCUT2D eigenvalue weighted by Crippen LogP contribution is -2.51. The van der Waals surface area contributed by atoms with Crippen molar-refractivity contribution in [3.05, 3.63) is 34.3 Å². The molecule has 2 N–H and O–H groups in total. The van der Waals surface area contributed by atoms with Gasteiger partial charge in [-0.2, -0.15) is 0 Å². The van der Waals surface area contributed by atoms with Crippen LogP contribution >= 0.6 is 15.9 Å². The highest BCUT2D eigenvalue weighted by atomic mass is 79.9. The van der Waals surface area contributed by atoms with Crippen molar-refractivity contribution >= 4 is 33.7 Å². The number of nitrogens with one attached hydrogen (secondary N) is 1. The highest BCUT2D eigenvalue weighted by Gasteiger charge is 2.39. The van der Waals surface area contributed by atoms with Gasteiger partial charge in [0.25, 0.3) is 0 Å². The second-order valence-electron chi connectivity index (χ2n) is 5.96. The van der Waals surface area contributed by atoms with E-state index >= 15 is 0 Å². The largest absolute Gasteiger partial charge is 0.467 e. The monoisotopic (exact) mass is 412 g/mol. The summed E-state index contributed by atoms with van der Waals surface area (Å²) in [6, 6.07) is 5.69. The van der Waals surface area contributed by atoms with Crippen molar-refractivity contribution in [1.29, 1.82) is 0 Å². The molecule has 1 aromatic carbocycles. The number of ether oxygens (including phenoxy) is 1. The van der Waals surface area contributed by atoms with Crippen molar-refractivity contribution in [3.8, 4) is 0 Å². The first kappa shape index (κ1) is 19.4. The Labute approximate surface area is 154 Å². The van der Waals surface area contributed by atoms with Gasteiger partial charge < -0.3 is 20.1 Å². The predicted octanol–water partition coefficient (Wildman–Crippen LogP) is 0.631. The zero-order valence-electron chi connectivity index (χ0n) is 14.1. The molecule has 8 heteroatoms. The number of likely N-dealkylation sites (tertiary alicyclic amines) is 1. The van der Waals surface area contributed by atoms with Gasteiger partial charge in [-0.3, -0.25) is 9.59 Å². The lowest BCUT2D eigenvalue weighted by atomic mass is 10.0. The number of carbonyl (C=O) groups is 3. The number of benzene rings is 1. The summed E-state index contributed by atoms with van der Waals surface area (Å²) in [6.45, 7) is 1.46.